The summed E-state index contributed by atoms with van der Waals surface area (Å²) in [5.41, 5.74) is 0.323. The van der Waals surface area contributed by atoms with E-state index in [4.69, 9.17) is 0 Å². The molecule has 0 radical (unpaired) electrons. The lowest BCUT2D eigenvalue weighted by atomic mass is 10.2. The van der Waals surface area contributed by atoms with E-state index in [0.717, 1.165) is 37.7 Å². The van der Waals surface area contributed by atoms with Crippen LogP contribution in [0, 0.1) is 5.82 Å². The van der Waals surface area contributed by atoms with E-state index in [1.807, 2.05) is 0 Å². The van der Waals surface area contributed by atoms with E-state index < -0.39 is 5.82 Å². The van der Waals surface area contributed by atoms with E-state index in [1.54, 1.807) is 18.2 Å². The van der Waals surface area contributed by atoms with E-state index >= 15 is 0 Å². The van der Waals surface area contributed by atoms with Crippen LogP contribution in [0.1, 0.15) is 18.4 Å². The van der Waals surface area contributed by atoms with Gasteiger partial charge in [0.15, 0.2) is 0 Å². The summed E-state index contributed by atoms with van der Waals surface area (Å²) < 4.78 is 13.6. The molecule has 3 rings (SSSR count). The Morgan fingerprint density at radius 2 is 1.90 bits per heavy atom. The van der Waals surface area contributed by atoms with Gasteiger partial charge in [-0.05, 0) is 49.8 Å². The number of halogens is 1. The Balaban J connectivity index is 1.78. The van der Waals surface area contributed by atoms with Gasteiger partial charge in [-0.3, -0.25) is 19.4 Å². The van der Waals surface area contributed by atoms with Gasteiger partial charge in [-0.1, -0.05) is 18.2 Å². The topological polar surface area (TPSA) is 40.6 Å². The Kier molecular flexibility index (Phi) is 4.07. The van der Waals surface area contributed by atoms with E-state index in [2.05, 4.69) is 4.90 Å². The van der Waals surface area contributed by atoms with Gasteiger partial charge in [-0.2, -0.15) is 0 Å². The highest BCUT2D eigenvalue weighted by Crippen LogP contribution is 2.32. The van der Waals surface area contributed by atoms with Crippen molar-refractivity contribution in [3.8, 4) is 0 Å². The molecule has 0 aromatic heterocycles. The Morgan fingerprint density at radius 3 is 2.62 bits per heavy atom. The lowest BCUT2D eigenvalue weighted by Gasteiger charge is -2.20. The summed E-state index contributed by atoms with van der Waals surface area (Å²) in [6, 6.07) is 6.21. The SMILES string of the molecule is O=C1S/C(=C/c2ccccc2F)C(=O)N1CN1CCCC1. The van der Waals surface area contributed by atoms with Crippen molar-refractivity contribution >= 4 is 29.0 Å². The maximum atomic E-state index is 13.6. The number of benzene rings is 1. The third-order valence-electron chi connectivity index (χ3n) is 3.61. The molecule has 2 heterocycles. The number of nitrogens with zero attached hydrogens (tertiary/aromatic N) is 2. The molecule has 2 aliphatic rings. The van der Waals surface area contributed by atoms with Crippen molar-refractivity contribution in [2.24, 2.45) is 0 Å². The lowest BCUT2D eigenvalue weighted by molar-refractivity contribution is -0.124. The van der Waals surface area contributed by atoms with Crippen molar-refractivity contribution < 1.29 is 14.0 Å². The molecule has 2 saturated heterocycles. The monoisotopic (exact) mass is 306 g/mol. The van der Waals surface area contributed by atoms with Gasteiger partial charge >= 0.3 is 0 Å². The third kappa shape index (κ3) is 3.01. The van der Waals surface area contributed by atoms with Gasteiger partial charge in [-0.25, -0.2) is 4.39 Å². The highest BCUT2D eigenvalue weighted by molar-refractivity contribution is 8.18. The fourth-order valence-corrected chi connectivity index (χ4v) is 3.30. The van der Waals surface area contributed by atoms with Crippen LogP contribution in [0.2, 0.25) is 0 Å². The summed E-state index contributed by atoms with van der Waals surface area (Å²) >= 11 is 0.874. The van der Waals surface area contributed by atoms with Crippen LogP contribution in [-0.4, -0.2) is 40.7 Å². The van der Waals surface area contributed by atoms with Crippen molar-refractivity contribution in [2.75, 3.05) is 19.8 Å². The first-order valence-electron chi connectivity index (χ1n) is 6.87. The van der Waals surface area contributed by atoms with Crippen LogP contribution in [0.5, 0.6) is 0 Å². The highest BCUT2D eigenvalue weighted by atomic mass is 32.2. The van der Waals surface area contributed by atoms with Gasteiger partial charge in [0.1, 0.15) is 5.82 Å². The first-order valence-corrected chi connectivity index (χ1v) is 7.69. The first kappa shape index (κ1) is 14.3. The van der Waals surface area contributed by atoms with Crippen molar-refractivity contribution in [3.63, 3.8) is 0 Å². The molecule has 1 aromatic rings. The van der Waals surface area contributed by atoms with Gasteiger partial charge in [0.25, 0.3) is 11.1 Å². The van der Waals surface area contributed by atoms with E-state index in [-0.39, 0.29) is 16.1 Å². The number of carbonyl (C=O) groups excluding carboxylic acids is 2. The molecule has 0 N–H and O–H groups in total. The maximum Gasteiger partial charge on any atom is 0.294 e. The molecule has 1 aromatic carbocycles. The summed E-state index contributed by atoms with van der Waals surface area (Å²) in [4.78, 5) is 27.9. The number of thioether (sulfide) groups is 1. The molecule has 0 spiro atoms. The standard InChI is InChI=1S/C15H15FN2O2S/c16-12-6-2-1-5-11(12)9-13-14(19)18(15(20)21-13)10-17-7-3-4-8-17/h1-2,5-6,9H,3-4,7-8,10H2/b13-9+. The van der Waals surface area contributed by atoms with Crippen molar-refractivity contribution in [1.82, 2.24) is 9.80 Å². The lowest BCUT2D eigenvalue weighted by Crippen LogP contribution is -2.38. The van der Waals surface area contributed by atoms with Crippen LogP contribution in [0.3, 0.4) is 0 Å². The molecule has 6 heteroatoms. The molecule has 0 unspecified atom stereocenters. The van der Waals surface area contributed by atoms with Crippen molar-refractivity contribution in [3.05, 3.63) is 40.6 Å². The van der Waals surface area contributed by atoms with Gasteiger partial charge in [0.2, 0.25) is 0 Å². The van der Waals surface area contributed by atoms with Gasteiger partial charge in [0.05, 0.1) is 11.6 Å². The molecule has 0 aliphatic carbocycles. The normalized spacial score (nSPS) is 21.8. The molecule has 110 valence electrons. The zero-order chi connectivity index (χ0) is 14.8. The molecule has 0 saturated carbocycles. The summed E-state index contributed by atoms with van der Waals surface area (Å²) in [7, 11) is 0. The Hall–Kier alpha value is -1.66. The number of amides is 2. The number of imide groups is 1. The highest BCUT2D eigenvalue weighted by Gasteiger charge is 2.36. The van der Waals surface area contributed by atoms with Crippen molar-refractivity contribution in [1.29, 1.82) is 0 Å². The summed E-state index contributed by atoms with van der Waals surface area (Å²) in [5, 5.41) is -0.283. The van der Waals surface area contributed by atoms with Crippen LogP contribution in [0.4, 0.5) is 9.18 Å². The molecule has 21 heavy (non-hydrogen) atoms. The van der Waals surface area contributed by atoms with Crippen LogP contribution < -0.4 is 0 Å². The van der Waals surface area contributed by atoms with Gasteiger partial charge < -0.3 is 0 Å². The molecular formula is C15H15FN2O2S. The molecule has 0 atom stereocenters. The van der Waals surface area contributed by atoms with Crippen LogP contribution >= 0.6 is 11.8 Å². The maximum absolute atomic E-state index is 13.6. The van der Waals surface area contributed by atoms with Crippen LogP contribution in [0.25, 0.3) is 6.08 Å². The quantitative estimate of drug-likeness (QED) is 0.805. The fraction of sp³-hybridized carbons (Fsp3) is 0.333. The zero-order valence-electron chi connectivity index (χ0n) is 11.4. The third-order valence-corrected chi connectivity index (χ3v) is 4.51. The fourth-order valence-electron chi connectivity index (χ4n) is 2.48. The second-order valence-electron chi connectivity index (χ2n) is 5.10. The zero-order valence-corrected chi connectivity index (χ0v) is 12.2. The molecule has 2 aliphatic heterocycles. The molecule has 0 bridgehead atoms. The summed E-state index contributed by atoms with van der Waals surface area (Å²) in [5.74, 6) is -0.732. The van der Waals surface area contributed by atoms with Gasteiger partial charge in [-0.15, -0.1) is 0 Å². The first-order chi connectivity index (χ1) is 10.1. The minimum Gasteiger partial charge on any atom is -0.286 e. The molecular weight excluding hydrogens is 291 g/mol. The summed E-state index contributed by atoms with van der Waals surface area (Å²) in [6.45, 7) is 2.15. The second-order valence-corrected chi connectivity index (χ2v) is 6.09. The Bertz CT molecular complexity index is 611. The smallest absolute Gasteiger partial charge is 0.286 e. The van der Waals surface area contributed by atoms with Gasteiger partial charge in [0, 0.05) is 5.56 Å². The Labute approximate surface area is 126 Å². The average Bonchev–Trinajstić information content (AvgIpc) is 3.06. The van der Waals surface area contributed by atoms with Crippen molar-refractivity contribution in [2.45, 2.75) is 12.8 Å². The van der Waals surface area contributed by atoms with E-state index in [9.17, 15) is 14.0 Å². The van der Waals surface area contributed by atoms with E-state index in [1.165, 1.54) is 17.0 Å². The molecule has 2 fully saturated rings. The number of carbonyl (C=O) groups is 2. The predicted molar refractivity (Wildman–Crippen MR) is 79.9 cm³/mol. The summed E-state index contributed by atoms with van der Waals surface area (Å²) in [6.07, 6.45) is 3.65. The largest absolute Gasteiger partial charge is 0.294 e. The van der Waals surface area contributed by atoms with Crippen LogP contribution in [-0.2, 0) is 4.79 Å². The number of likely N-dealkylation sites (tertiary alicyclic amines) is 1. The Morgan fingerprint density at radius 1 is 1.19 bits per heavy atom. The number of rotatable bonds is 3. The minimum atomic E-state index is -0.399. The number of hydrogen-bond donors (Lipinski definition) is 0. The average molecular weight is 306 g/mol. The molecule has 4 nitrogen and oxygen atoms in total. The van der Waals surface area contributed by atoms with Crippen LogP contribution in [0.15, 0.2) is 29.2 Å². The minimum absolute atomic E-state index is 0.282. The number of hydrogen-bond acceptors (Lipinski definition) is 4. The predicted octanol–water partition coefficient (Wildman–Crippen LogP) is 2.92. The van der Waals surface area contributed by atoms with E-state index in [0.29, 0.717) is 12.2 Å². The molecule has 2 amide bonds. The second kappa shape index (κ2) is 5.99.